The molecule has 3 rings (SSSR count). The van der Waals surface area contributed by atoms with E-state index >= 15 is 0 Å². The van der Waals surface area contributed by atoms with Crippen LogP contribution >= 0.6 is 0 Å². The number of ether oxygens (including phenoxy) is 2. The average molecular weight is 614 g/mol. The number of alkyl halides is 3. The van der Waals surface area contributed by atoms with Crippen LogP contribution in [0.2, 0.25) is 0 Å². The highest BCUT2D eigenvalue weighted by molar-refractivity contribution is 6.04. The number of amides is 5. The number of urea groups is 1. The van der Waals surface area contributed by atoms with Crippen LogP contribution in [0.3, 0.4) is 0 Å². The highest BCUT2D eigenvalue weighted by Gasteiger charge is 2.34. The summed E-state index contributed by atoms with van der Waals surface area (Å²) in [5.74, 6) is -1.36. The molecule has 1 aliphatic heterocycles. The number of benzene rings is 1. The van der Waals surface area contributed by atoms with Gasteiger partial charge in [-0.3, -0.25) is 9.59 Å². The molecule has 0 spiro atoms. The lowest BCUT2D eigenvalue weighted by molar-refractivity contribution is -0.137. The van der Waals surface area contributed by atoms with Gasteiger partial charge in [0, 0.05) is 25.2 Å². The lowest BCUT2D eigenvalue weighted by Crippen LogP contribution is -2.51. The summed E-state index contributed by atoms with van der Waals surface area (Å²) in [5, 5.41) is 10.7. The number of anilines is 1. The van der Waals surface area contributed by atoms with Gasteiger partial charge >= 0.3 is 18.3 Å². The summed E-state index contributed by atoms with van der Waals surface area (Å²) >= 11 is 0. The van der Waals surface area contributed by atoms with Crippen molar-refractivity contribution < 1.29 is 41.8 Å². The SMILES string of the molecule is CCC[C@@H]1C[C@H](NC(=O)OC(C)(C)C)CC[C@@H]1NC(=O)CNC(=O)c1cc(C(F)(F)F)ccc1NC(=O)N1CCOCC1. The number of nitrogens with zero attached hydrogens (tertiary/aromatic N) is 1. The van der Waals surface area contributed by atoms with E-state index in [1.807, 2.05) is 6.92 Å². The van der Waals surface area contributed by atoms with Crippen LogP contribution < -0.4 is 21.3 Å². The fourth-order valence-corrected chi connectivity index (χ4v) is 5.24. The third-order valence-electron chi connectivity index (χ3n) is 7.25. The number of hydrogen-bond acceptors (Lipinski definition) is 6. The second-order valence-electron chi connectivity index (χ2n) is 11.8. The van der Waals surface area contributed by atoms with E-state index in [1.54, 1.807) is 20.8 Å². The molecule has 14 heteroatoms. The quantitative estimate of drug-likeness (QED) is 0.346. The molecule has 0 bridgehead atoms. The van der Waals surface area contributed by atoms with Crippen LogP contribution in [-0.4, -0.2) is 79.4 Å². The minimum atomic E-state index is -4.72. The Balaban J connectivity index is 1.61. The third kappa shape index (κ3) is 10.6. The van der Waals surface area contributed by atoms with Crippen molar-refractivity contribution in [3.8, 4) is 0 Å². The zero-order valence-corrected chi connectivity index (χ0v) is 25.1. The van der Waals surface area contributed by atoms with E-state index in [4.69, 9.17) is 9.47 Å². The van der Waals surface area contributed by atoms with Gasteiger partial charge in [-0.05, 0) is 70.6 Å². The van der Waals surface area contributed by atoms with E-state index < -0.39 is 53.4 Å². The number of carbonyl (C=O) groups excluding carboxylic acids is 4. The molecule has 43 heavy (non-hydrogen) atoms. The van der Waals surface area contributed by atoms with Crippen LogP contribution in [0.4, 0.5) is 28.4 Å². The molecular formula is C29H42F3N5O6. The van der Waals surface area contributed by atoms with E-state index in [9.17, 15) is 32.3 Å². The first-order chi connectivity index (χ1) is 20.2. The number of carbonyl (C=O) groups is 4. The van der Waals surface area contributed by atoms with Crippen molar-refractivity contribution in [1.82, 2.24) is 20.9 Å². The summed E-state index contributed by atoms with van der Waals surface area (Å²) in [6.07, 6.45) is -1.69. The van der Waals surface area contributed by atoms with Gasteiger partial charge in [-0.1, -0.05) is 13.3 Å². The predicted molar refractivity (Wildman–Crippen MR) is 153 cm³/mol. The normalized spacial score (nSPS) is 21.0. The van der Waals surface area contributed by atoms with Crippen molar-refractivity contribution in [1.29, 1.82) is 0 Å². The van der Waals surface area contributed by atoms with E-state index in [0.717, 1.165) is 25.0 Å². The topological polar surface area (TPSA) is 138 Å². The Kier molecular flexibility index (Phi) is 11.7. The zero-order chi connectivity index (χ0) is 31.8. The number of halogens is 3. The van der Waals surface area contributed by atoms with Crippen LogP contribution in [-0.2, 0) is 20.4 Å². The summed E-state index contributed by atoms with van der Waals surface area (Å²) in [6, 6.07) is 1.58. The molecule has 5 amide bonds. The first kappa shape index (κ1) is 33.9. The highest BCUT2D eigenvalue weighted by atomic mass is 19.4. The molecule has 2 fully saturated rings. The fourth-order valence-electron chi connectivity index (χ4n) is 5.24. The first-order valence-corrected chi connectivity index (χ1v) is 14.6. The maximum absolute atomic E-state index is 13.4. The van der Waals surface area contributed by atoms with Crippen LogP contribution in [0.25, 0.3) is 0 Å². The molecule has 2 aliphatic rings. The summed E-state index contributed by atoms with van der Waals surface area (Å²) < 4.78 is 50.8. The summed E-state index contributed by atoms with van der Waals surface area (Å²) in [6.45, 7) is 8.15. The first-order valence-electron chi connectivity index (χ1n) is 14.6. The fraction of sp³-hybridized carbons (Fsp3) is 0.655. The van der Waals surface area contributed by atoms with Crippen molar-refractivity contribution >= 4 is 29.6 Å². The molecule has 1 saturated heterocycles. The standard InChI is InChI=1S/C29H42F3N5O6/c1-5-6-18-15-20(34-27(41)43-28(2,3)4)8-10-22(18)35-24(38)17-33-25(39)21-16-19(29(30,31)32)7-9-23(21)36-26(40)37-11-13-42-14-12-37/h7,9,16,18,20,22H,5-6,8,10-15,17H2,1-4H3,(H,33,39)(H,34,41)(H,35,38)(H,36,40)/t18-,20-,22+/m1/s1. The summed E-state index contributed by atoms with van der Waals surface area (Å²) in [5.41, 5.74) is -2.21. The van der Waals surface area contributed by atoms with Gasteiger partial charge in [0.25, 0.3) is 5.91 Å². The molecule has 0 unspecified atom stereocenters. The Bertz CT molecular complexity index is 1150. The zero-order valence-electron chi connectivity index (χ0n) is 25.1. The van der Waals surface area contributed by atoms with E-state index in [1.165, 1.54) is 4.90 Å². The second kappa shape index (κ2) is 14.8. The van der Waals surface area contributed by atoms with Crippen LogP contribution in [0.1, 0.15) is 75.7 Å². The average Bonchev–Trinajstić information content (AvgIpc) is 2.92. The van der Waals surface area contributed by atoms with Crippen LogP contribution in [0.15, 0.2) is 18.2 Å². The molecular weight excluding hydrogens is 571 g/mol. The Morgan fingerprint density at radius 2 is 1.74 bits per heavy atom. The number of nitrogens with one attached hydrogen (secondary N) is 4. The molecule has 1 aromatic rings. The van der Waals surface area contributed by atoms with Crippen molar-refractivity contribution in [3.05, 3.63) is 29.3 Å². The van der Waals surface area contributed by atoms with E-state index in [0.29, 0.717) is 51.6 Å². The summed E-state index contributed by atoms with van der Waals surface area (Å²) in [4.78, 5) is 52.1. The maximum atomic E-state index is 13.4. The number of hydrogen-bond donors (Lipinski definition) is 4. The van der Waals surface area contributed by atoms with E-state index in [2.05, 4.69) is 21.3 Å². The highest BCUT2D eigenvalue weighted by Crippen LogP contribution is 2.32. The predicted octanol–water partition coefficient (Wildman–Crippen LogP) is 4.28. The minimum Gasteiger partial charge on any atom is -0.444 e. The van der Waals surface area contributed by atoms with Crippen molar-refractivity contribution in [2.24, 2.45) is 5.92 Å². The van der Waals surface area contributed by atoms with Crippen molar-refractivity contribution in [3.63, 3.8) is 0 Å². The molecule has 1 aliphatic carbocycles. The molecule has 240 valence electrons. The molecule has 11 nitrogen and oxygen atoms in total. The van der Waals surface area contributed by atoms with Gasteiger partial charge in [0.2, 0.25) is 5.91 Å². The van der Waals surface area contributed by atoms with E-state index in [-0.39, 0.29) is 23.7 Å². The lowest BCUT2D eigenvalue weighted by Gasteiger charge is -2.37. The maximum Gasteiger partial charge on any atom is 0.416 e. The Morgan fingerprint density at radius 3 is 2.37 bits per heavy atom. The molecule has 1 heterocycles. The van der Waals surface area contributed by atoms with Gasteiger partial charge in [0.15, 0.2) is 0 Å². The smallest absolute Gasteiger partial charge is 0.416 e. The largest absolute Gasteiger partial charge is 0.444 e. The molecule has 1 aromatic carbocycles. The Hall–Kier alpha value is -3.55. The van der Waals surface area contributed by atoms with Gasteiger partial charge in [0.05, 0.1) is 36.6 Å². The summed E-state index contributed by atoms with van der Waals surface area (Å²) in [7, 11) is 0. The third-order valence-corrected chi connectivity index (χ3v) is 7.25. The number of rotatable bonds is 8. The molecule has 0 aromatic heterocycles. The van der Waals surface area contributed by atoms with Gasteiger partial charge in [-0.15, -0.1) is 0 Å². The number of morpholine rings is 1. The second-order valence-corrected chi connectivity index (χ2v) is 11.8. The van der Waals surface area contributed by atoms with Gasteiger partial charge in [-0.25, -0.2) is 9.59 Å². The lowest BCUT2D eigenvalue weighted by atomic mass is 9.79. The molecule has 4 N–H and O–H groups in total. The van der Waals surface area contributed by atoms with Crippen LogP contribution in [0.5, 0.6) is 0 Å². The monoisotopic (exact) mass is 613 g/mol. The van der Waals surface area contributed by atoms with Gasteiger partial charge in [-0.2, -0.15) is 13.2 Å². The Labute approximate surface area is 249 Å². The van der Waals surface area contributed by atoms with Gasteiger partial charge < -0.3 is 35.6 Å². The van der Waals surface area contributed by atoms with Crippen molar-refractivity contribution in [2.75, 3.05) is 38.2 Å². The Morgan fingerprint density at radius 1 is 1.05 bits per heavy atom. The molecule has 3 atom stereocenters. The molecule has 1 saturated carbocycles. The van der Waals surface area contributed by atoms with Crippen LogP contribution in [0, 0.1) is 5.92 Å². The van der Waals surface area contributed by atoms with Gasteiger partial charge in [0.1, 0.15) is 5.60 Å². The number of alkyl carbamates (subject to hydrolysis) is 1. The molecule has 0 radical (unpaired) electrons. The van der Waals surface area contributed by atoms with Crippen molar-refractivity contribution in [2.45, 2.75) is 83.7 Å². The minimum absolute atomic E-state index is 0.0730.